The van der Waals surface area contributed by atoms with Crippen molar-refractivity contribution >= 4 is 15.9 Å². The van der Waals surface area contributed by atoms with Gasteiger partial charge in [-0.2, -0.15) is 0 Å². The van der Waals surface area contributed by atoms with Crippen LogP contribution in [0.1, 0.15) is 23.6 Å². The van der Waals surface area contributed by atoms with Gasteiger partial charge in [0.1, 0.15) is 0 Å². The summed E-state index contributed by atoms with van der Waals surface area (Å²) >= 11 is 3.58. The average molecular weight is 272 g/mol. The van der Waals surface area contributed by atoms with Gasteiger partial charge < -0.3 is 10.4 Å². The molecule has 0 aliphatic carbocycles. The van der Waals surface area contributed by atoms with Gasteiger partial charge >= 0.3 is 0 Å². The van der Waals surface area contributed by atoms with E-state index in [0.29, 0.717) is 0 Å². The Morgan fingerprint density at radius 2 is 2.07 bits per heavy atom. The van der Waals surface area contributed by atoms with Gasteiger partial charge in [0.15, 0.2) is 0 Å². The van der Waals surface area contributed by atoms with Crippen molar-refractivity contribution in [3.63, 3.8) is 0 Å². The Morgan fingerprint density at radius 1 is 1.40 bits per heavy atom. The van der Waals surface area contributed by atoms with E-state index < -0.39 is 0 Å². The zero-order valence-corrected chi connectivity index (χ0v) is 11.1. The lowest BCUT2D eigenvalue weighted by atomic mass is 10.1. The van der Waals surface area contributed by atoms with E-state index in [1.165, 1.54) is 21.2 Å². The molecule has 0 aromatic heterocycles. The lowest BCUT2D eigenvalue weighted by molar-refractivity contribution is 0.251. The number of aryl methyl sites for hydroxylation is 1. The van der Waals surface area contributed by atoms with Gasteiger partial charge in [-0.25, -0.2) is 0 Å². The lowest BCUT2D eigenvalue weighted by Gasteiger charge is -2.14. The third-order valence-corrected chi connectivity index (χ3v) is 3.83. The molecule has 2 N–H and O–H groups in total. The van der Waals surface area contributed by atoms with Crippen molar-refractivity contribution < 1.29 is 5.11 Å². The maximum atomic E-state index is 8.91. The number of benzene rings is 1. The third-order valence-electron chi connectivity index (χ3n) is 2.61. The largest absolute Gasteiger partial charge is 0.395 e. The fourth-order valence-corrected chi connectivity index (χ4v) is 1.79. The quantitative estimate of drug-likeness (QED) is 0.882. The zero-order valence-electron chi connectivity index (χ0n) is 9.47. The average Bonchev–Trinajstić information content (AvgIpc) is 2.24. The summed E-state index contributed by atoms with van der Waals surface area (Å²) in [6.07, 6.45) is 0. The molecular formula is C12H18BrNO. The van der Waals surface area contributed by atoms with Gasteiger partial charge in [-0.05, 0) is 37.5 Å². The molecule has 1 unspecified atom stereocenters. The summed E-state index contributed by atoms with van der Waals surface area (Å²) in [6, 6.07) is 4.38. The van der Waals surface area contributed by atoms with E-state index >= 15 is 0 Å². The molecule has 2 nitrogen and oxygen atoms in total. The highest BCUT2D eigenvalue weighted by atomic mass is 79.9. The molecule has 0 aliphatic heterocycles. The fourth-order valence-electron chi connectivity index (χ4n) is 1.40. The molecule has 0 saturated carbocycles. The van der Waals surface area contributed by atoms with Crippen LogP contribution in [0.2, 0.25) is 0 Å². The molecule has 0 saturated heterocycles. The summed E-state index contributed by atoms with van der Waals surface area (Å²) in [6.45, 7) is 7.14. The summed E-state index contributed by atoms with van der Waals surface area (Å²) < 4.78 is 1.18. The Balaban J connectivity index is 2.74. The molecule has 84 valence electrons. The normalized spacial score (nSPS) is 12.9. The van der Waals surface area contributed by atoms with Crippen LogP contribution in [0.5, 0.6) is 0 Å². The molecule has 1 atom stereocenters. The smallest absolute Gasteiger partial charge is 0.0582 e. The van der Waals surface area contributed by atoms with Gasteiger partial charge in [0.25, 0.3) is 0 Å². The highest BCUT2D eigenvalue weighted by molar-refractivity contribution is 9.10. The Labute approximate surface area is 99.8 Å². The predicted molar refractivity (Wildman–Crippen MR) is 67.0 cm³/mol. The van der Waals surface area contributed by atoms with Crippen molar-refractivity contribution in [1.82, 2.24) is 5.32 Å². The first-order valence-corrected chi connectivity index (χ1v) is 5.94. The van der Waals surface area contributed by atoms with Gasteiger partial charge in [-0.1, -0.05) is 28.1 Å². The number of hydrogen-bond acceptors (Lipinski definition) is 2. The topological polar surface area (TPSA) is 32.3 Å². The van der Waals surface area contributed by atoms with Crippen molar-refractivity contribution in [3.8, 4) is 0 Å². The van der Waals surface area contributed by atoms with Crippen molar-refractivity contribution in [2.75, 3.05) is 6.61 Å². The van der Waals surface area contributed by atoms with Crippen molar-refractivity contribution in [2.45, 2.75) is 33.4 Å². The molecule has 3 heteroatoms. The molecule has 0 spiro atoms. The zero-order chi connectivity index (χ0) is 11.4. The summed E-state index contributed by atoms with van der Waals surface area (Å²) in [5.74, 6) is 0. The van der Waals surface area contributed by atoms with Crippen LogP contribution < -0.4 is 5.32 Å². The second-order valence-electron chi connectivity index (χ2n) is 3.95. The number of aliphatic hydroxyl groups excluding tert-OH is 1. The molecule has 0 bridgehead atoms. The first-order valence-electron chi connectivity index (χ1n) is 5.15. The van der Waals surface area contributed by atoms with Gasteiger partial charge in [-0.3, -0.25) is 0 Å². The maximum absolute atomic E-state index is 8.91. The molecule has 1 rings (SSSR count). The summed E-state index contributed by atoms with van der Waals surface area (Å²) in [5.41, 5.74) is 3.80. The minimum absolute atomic E-state index is 0.143. The second-order valence-corrected chi connectivity index (χ2v) is 4.74. The van der Waals surface area contributed by atoms with E-state index in [-0.39, 0.29) is 12.6 Å². The van der Waals surface area contributed by atoms with E-state index in [0.717, 1.165) is 6.54 Å². The van der Waals surface area contributed by atoms with E-state index in [2.05, 4.69) is 47.2 Å². The number of aliphatic hydroxyl groups is 1. The Bertz CT molecular complexity index is 339. The minimum atomic E-state index is 0.143. The van der Waals surface area contributed by atoms with Crippen LogP contribution in [0, 0.1) is 13.8 Å². The SMILES string of the molecule is Cc1ccc(CNC(C)CO)c(C)c1Br. The molecule has 1 aromatic carbocycles. The Morgan fingerprint density at radius 3 is 2.67 bits per heavy atom. The first-order chi connectivity index (χ1) is 7.06. The van der Waals surface area contributed by atoms with E-state index in [4.69, 9.17) is 5.11 Å². The van der Waals surface area contributed by atoms with Crippen LogP contribution in [0.25, 0.3) is 0 Å². The van der Waals surface area contributed by atoms with E-state index in [9.17, 15) is 0 Å². The van der Waals surface area contributed by atoms with Gasteiger partial charge in [-0.15, -0.1) is 0 Å². The standard InChI is InChI=1S/C12H18BrNO/c1-8-4-5-11(10(3)12(8)13)6-14-9(2)7-15/h4-5,9,14-15H,6-7H2,1-3H3. The maximum Gasteiger partial charge on any atom is 0.0582 e. The number of rotatable bonds is 4. The minimum Gasteiger partial charge on any atom is -0.395 e. The number of nitrogens with one attached hydrogen (secondary N) is 1. The highest BCUT2D eigenvalue weighted by Crippen LogP contribution is 2.23. The molecule has 0 heterocycles. The van der Waals surface area contributed by atoms with Crippen LogP contribution in [0.3, 0.4) is 0 Å². The summed E-state index contributed by atoms with van der Waals surface area (Å²) in [7, 11) is 0. The molecule has 0 radical (unpaired) electrons. The third kappa shape index (κ3) is 3.30. The lowest BCUT2D eigenvalue weighted by Crippen LogP contribution is -2.28. The molecule has 0 aliphatic rings. The molecule has 0 fully saturated rings. The van der Waals surface area contributed by atoms with Gasteiger partial charge in [0.2, 0.25) is 0 Å². The predicted octanol–water partition coefficient (Wildman–Crippen LogP) is 2.54. The van der Waals surface area contributed by atoms with Crippen molar-refractivity contribution in [2.24, 2.45) is 0 Å². The highest BCUT2D eigenvalue weighted by Gasteiger charge is 2.06. The van der Waals surface area contributed by atoms with Crippen molar-refractivity contribution in [3.05, 3.63) is 33.3 Å². The van der Waals surface area contributed by atoms with Crippen molar-refractivity contribution in [1.29, 1.82) is 0 Å². The van der Waals surface area contributed by atoms with Crippen LogP contribution in [-0.4, -0.2) is 17.8 Å². The molecule has 1 aromatic rings. The number of hydrogen-bond donors (Lipinski definition) is 2. The monoisotopic (exact) mass is 271 g/mol. The first kappa shape index (κ1) is 12.7. The molecule has 15 heavy (non-hydrogen) atoms. The van der Waals surface area contributed by atoms with Crippen LogP contribution in [0.4, 0.5) is 0 Å². The second kappa shape index (κ2) is 5.64. The number of halogens is 1. The van der Waals surface area contributed by atoms with E-state index in [1.807, 2.05) is 6.92 Å². The van der Waals surface area contributed by atoms with Crippen LogP contribution in [-0.2, 0) is 6.54 Å². The van der Waals surface area contributed by atoms with Gasteiger partial charge in [0.05, 0.1) is 6.61 Å². The summed E-state index contributed by atoms with van der Waals surface area (Å²) in [4.78, 5) is 0. The fraction of sp³-hybridized carbons (Fsp3) is 0.500. The molecule has 0 amide bonds. The van der Waals surface area contributed by atoms with Crippen LogP contribution >= 0.6 is 15.9 Å². The Hall–Kier alpha value is -0.380. The Kier molecular flexibility index (Phi) is 4.77. The van der Waals surface area contributed by atoms with E-state index in [1.54, 1.807) is 0 Å². The molecular weight excluding hydrogens is 254 g/mol. The van der Waals surface area contributed by atoms with Gasteiger partial charge in [0, 0.05) is 17.1 Å². The summed E-state index contributed by atoms with van der Waals surface area (Å²) in [5, 5.41) is 12.2. The van der Waals surface area contributed by atoms with Crippen LogP contribution in [0.15, 0.2) is 16.6 Å².